The van der Waals surface area contributed by atoms with Gasteiger partial charge in [-0.2, -0.15) is 0 Å². The van der Waals surface area contributed by atoms with Crippen molar-refractivity contribution in [3.05, 3.63) is 110 Å². The number of hydrogen-bond acceptors (Lipinski definition) is 18. The molecule has 4 N–H and O–H groups in total. The van der Waals surface area contributed by atoms with E-state index in [1.54, 1.807) is 24.3 Å². The average Bonchev–Trinajstić information content (AvgIpc) is 3.27. The van der Waals surface area contributed by atoms with Crippen LogP contribution in [0.3, 0.4) is 0 Å². The molecule has 0 saturated carbocycles. The maximum absolute atomic E-state index is 11.5. The van der Waals surface area contributed by atoms with Gasteiger partial charge in [0.2, 0.25) is 0 Å². The van der Waals surface area contributed by atoms with Gasteiger partial charge in [-0.25, -0.2) is 0 Å². The number of rotatable bonds is 27. The van der Waals surface area contributed by atoms with Crippen LogP contribution in [0, 0.1) is 20.2 Å². The molecule has 20 nitrogen and oxygen atoms in total. The monoisotopic (exact) mass is 1120 g/mol. The Balaban J connectivity index is -0.000000923. The van der Waals surface area contributed by atoms with Gasteiger partial charge in [-0.3, -0.25) is 34.6 Å². The Labute approximate surface area is 482 Å². The van der Waals surface area contributed by atoms with Crippen molar-refractivity contribution in [2.75, 3.05) is 65.2 Å². The summed E-state index contributed by atoms with van der Waals surface area (Å²) in [5.41, 5.74) is 8.02. The van der Waals surface area contributed by atoms with Gasteiger partial charge >= 0.3 is 69.3 Å². The zero-order valence-electron chi connectivity index (χ0n) is 44.5. The van der Waals surface area contributed by atoms with E-state index in [1.807, 2.05) is 92.6 Å². The van der Waals surface area contributed by atoms with Crippen LogP contribution in [0.2, 0.25) is 0 Å². The van der Waals surface area contributed by atoms with Gasteiger partial charge in [-0.15, -0.1) is 0 Å². The summed E-state index contributed by atoms with van der Waals surface area (Å²) < 4.78 is 42.2. The molecule has 0 bridgehead atoms. The first kappa shape index (κ1) is 73.7. The first-order valence-corrected chi connectivity index (χ1v) is 24.5. The van der Waals surface area contributed by atoms with E-state index in [-0.39, 0.29) is 92.8 Å². The predicted molar refractivity (Wildman–Crippen MR) is 276 cm³/mol. The molecule has 408 valence electrons. The van der Waals surface area contributed by atoms with Gasteiger partial charge in [-0.1, -0.05) is 52.3 Å². The van der Waals surface area contributed by atoms with Gasteiger partial charge in [0.25, 0.3) is 11.4 Å². The van der Waals surface area contributed by atoms with Gasteiger partial charge in [0.05, 0.1) is 62.7 Å². The third-order valence-corrected chi connectivity index (χ3v) is 8.78. The minimum absolute atomic E-state index is 0. The number of carbonyl (C=O) groups excluding carboxylic acids is 3. The maximum atomic E-state index is 11.5. The van der Waals surface area contributed by atoms with Gasteiger partial charge < -0.3 is 54.2 Å². The minimum Gasteiger partial charge on any atom is -0.870 e. The number of hydrogen-bond donors (Lipinski definition) is 2. The van der Waals surface area contributed by atoms with Crippen LogP contribution in [-0.4, -0.2) is 115 Å². The molecule has 3 aromatic rings. The fourth-order valence-electron chi connectivity index (χ4n) is 5.32. The Morgan fingerprint density at radius 2 is 0.863 bits per heavy atom. The molecule has 0 unspecified atom stereocenters. The summed E-state index contributed by atoms with van der Waals surface area (Å²) in [6.07, 6.45) is 2.95. The second-order valence-corrected chi connectivity index (χ2v) is 19.0. The largest absolute Gasteiger partial charge is 1.00 e. The number of alkyl halides is 1. The molecule has 0 aliphatic heterocycles. The smallest absolute Gasteiger partial charge is 0.870 e. The van der Waals surface area contributed by atoms with Gasteiger partial charge in [0.15, 0.2) is 0 Å². The number of benzene rings is 3. The number of esters is 3. The fraction of sp³-hybridized carbons (Fsp3) is 0.588. The average molecular weight is 1130 g/mol. The van der Waals surface area contributed by atoms with E-state index in [0.717, 1.165) is 22.4 Å². The van der Waals surface area contributed by atoms with E-state index in [0.29, 0.717) is 110 Å². The number of nitro benzene ring substituents is 2. The predicted octanol–water partition coefficient (Wildman–Crippen LogP) is 6.61. The molecule has 0 aromatic heterocycles. The molecule has 0 atom stereocenters. The van der Waals surface area contributed by atoms with E-state index in [4.69, 9.17) is 48.7 Å². The number of aliphatic hydroxyl groups is 1. The quantitative estimate of drug-likeness (QED) is 0.0119. The third-order valence-electron chi connectivity index (χ3n) is 8.13. The number of nitrogen functional groups attached to an aromatic ring is 1. The van der Waals surface area contributed by atoms with Crippen molar-refractivity contribution >= 4 is 50.9 Å². The summed E-state index contributed by atoms with van der Waals surface area (Å²) in [5.74, 6) is -0.618. The van der Waals surface area contributed by atoms with Crippen molar-refractivity contribution in [3.63, 3.8) is 0 Å². The number of aliphatic hydroxyl groups excluding tert-OH is 1. The zero-order valence-corrected chi connectivity index (χ0v) is 49.2. The molecule has 0 spiro atoms. The number of anilines is 1. The number of halogens is 1. The van der Waals surface area contributed by atoms with Crippen molar-refractivity contribution in [2.45, 2.75) is 136 Å². The fourth-order valence-corrected chi connectivity index (χ4v) is 5.66. The van der Waals surface area contributed by atoms with Crippen LogP contribution in [0.4, 0.5) is 17.1 Å². The topological polar surface area (TPSA) is 288 Å². The number of ether oxygens (including phenoxy) is 8. The molecular weight excluding hydrogens is 1050 g/mol. The standard InChI is InChI=1S/C17H25NO6.C17H27NO4.C10H20O4.C7H6BrNO2.K.H2O/c1-17(2,3)24-16(19)8-5-9-22-10-11-23-13-14-6-4-7-15(12-14)18(20)21;1-17(2,3)22-16(19)8-5-9-20-10-11-21-13-14-6-4-7-15(18)12-14;1-10(2,3)14-9(12)5-4-7-13-8-6-11;8-5-6-2-1-3-7(4-6)9(10)11;;/h4,6-7,12H,5,8-11,13H2,1-3H3;4,6-7,12H,5,8-11,13,18H2,1-3H3;11H,4-8H2,1-3H3;1-4H,5H2;;1H2/q;;;;+1;/p-1. The number of non-ortho nitro benzene ring substituents is 2. The molecule has 73 heavy (non-hydrogen) atoms. The molecule has 0 radical (unpaired) electrons. The second-order valence-electron chi connectivity index (χ2n) is 18.5. The van der Waals surface area contributed by atoms with Gasteiger partial charge in [0.1, 0.15) is 16.8 Å². The van der Waals surface area contributed by atoms with Crippen LogP contribution in [0.25, 0.3) is 0 Å². The molecule has 0 saturated heterocycles. The summed E-state index contributed by atoms with van der Waals surface area (Å²) in [4.78, 5) is 54.2. The summed E-state index contributed by atoms with van der Waals surface area (Å²) in [7, 11) is 0. The maximum Gasteiger partial charge on any atom is 1.00 e. The molecule has 22 heteroatoms. The SMILES string of the molecule is CC(C)(C)OC(=O)CCCOCCO.CC(C)(C)OC(=O)CCCOCCOCc1cccc(N)c1.CC(C)(C)OC(=O)CCCOCCOCc1cccc([N+](=O)[O-])c1.O=[N+]([O-])c1cccc(CBr)c1.[K+].[OH-]. The molecule has 0 aliphatic rings. The Morgan fingerprint density at radius 1 is 0.534 bits per heavy atom. The summed E-state index contributed by atoms with van der Waals surface area (Å²) >= 11 is 3.22. The number of nitrogens with zero attached hydrogens (tertiary/aromatic N) is 2. The van der Waals surface area contributed by atoms with Crippen molar-refractivity contribution in [1.82, 2.24) is 0 Å². The number of nitro groups is 2. The van der Waals surface area contributed by atoms with E-state index >= 15 is 0 Å². The summed E-state index contributed by atoms with van der Waals surface area (Å²) in [5, 5.41) is 30.0. The van der Waals surface area contributed by atoms with Crippen LogP contribution < -0.4 is 57.1 Å². The molecule has 0 fully saturated rings. The van der Waals surface area contributed by atoms with E-state index < -0.39 is 26.6 Å². The van der Waals surface area contributed by atoms with Crippen molar-refractivity contribution in [2.24, 2.45) is 0 Å². The van der Waals surface area contributed by atoms with Crippen molar-refractivity contribution in [1.29, 1.82) is 0 Å². The van der Waals surface area contributed by atoms with E-state index in [1.165, 1.54) is 18.2 Å². The van der Waals surface area contributed by atoms with Crippen LogP contribution in [-0.2, 0) is 70.8 Å². The Bertz CT molecular complexity index is 1970. The normalized spacial score (nSPS) is 10.8. The third kappa shape index (κ3) is 46.8. The molecule has 0 heterocycles. The van der Waals surface area contributed by atoms with Crippen LogP contribution in [0.5, 0.6) is 0 Å². The first-order chi connectivity index (χ1) is 33.3. The van der Waals surface area contributed by atoms with Crippen LogP contribution >= 0.6 is 15.9 Å². The Hall–Kier alpha value is -3.49. The molecular formula is C51H79BrKN3O17. The Morgan fingerprint density at radius 3 is 1.21 bits per heavy atom. The molecule has 3 aromatic carbocycles. The number of carbonyl (C=O) groups is 3. The van der Waals surface area contributed by atoms with Crippen LogP contribution in [0.15, 0.2) is 72.8 Å². The molecule has 0 aliphatic carbocycles. The van der Waals surface area contributed by atoms with Gasteiger partial charge in [-0.05, 0) is 110 Å². The van der Waals surface area contributed by atoms with E-state index in [2.05, 4.69) is 15.9 Å². The van der Waals surface area contributed by atoms with Crippen molar-refractivity contribution in [3.8, 4) is 0 Å². The Kier molecular flexibility index (Phi) is 43.1. The van der Waals surface area contributed by atoms with Gasteiger partial charge in [0, 0.05) is 74.4 Å². The van der Waals surface area contributed by atoms with Crippen LogP contribution in [0.1, 0.15) is 118 Å². The molecule has 3 rings (SSSR count). The second kappa shape index (κ2) is 42.7. The minimum atomic E-state index is -0.460. The zero-order chi connectivity index (χ0) is 53.7. The first-order valence-electron chi connectivity index (χ1n) is 23.4. The van der Waals surface area contributed by atoms with E-state index in [9.17, 15) is 34.6 Å². The van der Waals surface area contributed by atoms with Crippen molar-refractivity contribution < 1.29 is 124 Å². The summed E-state index contributed by atoms with van der Waals surface area (Å²) in [6.45, 7) is 21.1. The summed E-state index contributed by atoms with van der Waals surface area (Å²) in [6, 6.07) is 20.5. The number of nitrogens with two attached hydrogens (primary N) is 1. The molecule has 0 amide bonds.